The Morgan fingerprint density at radius 1 is 1.42 bits per heavy atom. The number of nitrogens with zero attached hydrogens (tertiary/aromatic N) is 3. The van der Waals surface area contributed by atoms with Gasteiger partial charge in [0.1, 0.15) is 0 Å². The Morgan fingerprint density at radius 3 is 2.50 bits per heavy atom. The van der Waals surface area contributed by atoms with Gasteiger partial charge in [0, 0.05) is 20.5 Å². The number of aromatic nitrogens is 2. The molecular formula is C8H15N3O. The Kier molecular flexibility index (Phi) is 2.68. The fourth-order valence-electron chi connectivity index (χ4n) is 0.860. The van der Waals surface area contributed by atoms with Crippen LogP contribution in [0.15, 0.2) is 4.52 Å². The van der Waals surface area contributed by atoms with Gasteiger partial charge in [-0.25, -0.2) is 0 Å². The third kappa shape index (κ3) is 2.22. The highest BCUT2D eigenvalue weighted by Gasteiger charge is 2.08. The summed E-state index contributed by atoms with van der Waals surface area (Å²) in [6.45, 7) is 4.25. The molecule has 4 heteroatoms. The van der Waals surface area contributed by atoms with E-state index in [9.17, 15) is 0 Å². The Balaban J connectivity index is 2.64. The normalized spacial score (nSPS) is 10.8. The molecule has 0 radical (unpaired) electrons. The van der Waals surface area contributed by atoms with Gasteiger partial charge in [-0.05, 0) is 11.1 Å². The summed E-state index contributed by atoms with van der Waals surface area (Å²) in [5, 5.41) is 3.81. The minimum Gasteiger partial charge on any atom is -0.344 e. The summed E-state index contributed by atoms with van der Waals surface area (Å²) >= 11 is 0. The highest BCUT2D eigenvalue weighted by atomic mass is 16.5. The van der Waals surface area contributed by atoms with Crippen LogP contribution in [-0.4, -0.2) is 24.2 Å². The van der Waals surface area contributed by atoms with Gasteiger partial charge in [0.25, 0.3) is 5.95 Å². The highest BCUT2D eigenvalue weighted by Crippen LogP contribution is 2.09. The fourth-order valence-corrected chi connectivity index (χ4v) is 0.860. The Hall–Kier alpha value is -1.06. The topological polar surface area (TPSA) is 42.2 Å². The Morgan fingerprint density at radius 2 is 2.08 bits per heavy atom. The van der Waals surface area contributed by atoms with Crippen molar-refractivity contribution in [2.75, 3.05) is 19.0 Å². The van der Waals surface area contributed by atoms with Crippen LogP contribution in [0.4, 0.5) is 5.95 Å². The van der Waals surface area contributed by atoms with Gasteiger partial charge in [0.2, 0.25) is 5.89 Å². The van der Waals surface area contributed by atoms with E-state index >= 15 is 0 Å². The maximum absolute atomic E-state index is 5.03. The predicted molar refractivity (Wildman–Crippen MR) is 47.2 cm³/mol. The number of rotatable bonds is 3. The lowest BCUT2D eigenvalue weighted by molar-refractivity contribution is 0.363. The maximum atomic E-state index is 5.03. The van der Waals surface area contributed by atoms with Gasteiger partial charge in [-0.3, -0.25) is 0 Å². The van der Waals surface area contributed by atoms with E-state index in [-0.39, 0.29) is 0 Å². The van der Waals surface area contributed by atoms with Gasteiger partial charge in [-0.1, -0.05) is 13.8 Å². The third-order valence-corrected chi connectivity index (χ3v) is 1.44. The summed E-state index contributed by atoms with van der Waals surface area (Å²) in [5.74, 6) is 1.92. The molecule has 0 atom stereocenters. The molecule has 0 bridgehead atoms. The molecule has 0 unspecified atom stereocenters. The Labute approximate surface area is 72.6 Å². The summed E-state index contributed by atoms with van der Waals surface area (Å²) in [6.07, 6.45) is 0.848. The smallest absolute Gasteiger partial charge is 0.265 e. The molecule has 0 N–H and O–H groups in total. The molecule has 1 aromatic heterocycles. The second kappa shape index (κ2) is 3.56. The van der Waals surface area contributed by atoms with Gasteiger partial charge in [-0.15, -0.1) is 0 Å². The van der Waals surface area contributed by atoms with Crippen LogP contribution in [0.2, 0.25) is 0 Å². The summed E-state index contributed by atoms with van der Waals surface area (Å²) in [4.78, 5) is 6.02. The van der Waals surface area contributed by atoms with Crippen molar-refractivity contribution >= 4 is 5.95 Å². The molecular weight excluding hydrogens is 154 g/mol. The summed E-state index contributed by atoms with van der Waals surface area (Å²) in [6, 6.07) is 0. The third-order valence-electron chi connectivity index (χ3n) is 1.44. The number of anilines is 1. The quantitative estimate of drug-likeness (QED) is 0.684. The molecule has 1 rings (SSSR count). The molecule has 0 amide bonds. The lowest BCUT2D eigenvalue weighted by Gasteiger charge is -2.02. The molecule has 0 aromatic carbocycles. The molecule has 0 saturated carbocycles. The van der Waals surface area contributed by atoms with Crippen molar-refractivity contribution in [2.24, 2.45) is 5.92 Å². The van der Waals surface area contributed by atoms with Crippen LogP contribution in [-0.2, 0) is 6.42 Å². The van der Waals surface area contributed by atoms with E-state index < -0.39 is 0 Å². The molecule has 0 aliphatic carbocycles. The zero-order chi connectivity index (χ0) is 9.14. The monoisotopic (exact) mass is 169 g/mol. The first kappa shape index (κ1) is 9.03. The first-order chi connectivity index (χ1) is 5.59. The average Bonchev–Trinajstić information content (AvgIpc) is 2.34. The zero-order valence-corrected chi connectivity index (χ0v) is 8.03. The van der Waals surface area contributed by atoms with Gasteiger partial charge in [0.15, 0.2) is 0 Å². The van der Waals surface area contributed by atoms with Crippen LogP contribution in [0, 0.1) is 5.92 Å². The van der Waals surface area contributed by atoms with Crippen molar-refractivity contribution in [2.45, 2.75) is 20.3 Å². The lowest BCUT2D eigenvalue weighted by atomic mass is 10.1. The van der Waals surface area contributed by atoms with E-state index in [0.717, 1.165) is 6.42 Å². The van der Waals surface area contributed by atoms with E-state index in [0.29, 0.717) is 17.8 Å². The van der Waals surface area contributed by atoms with Crippen LogP contribution in [0.5, 0.6) is 0 Å². The number of hydrogen-bond donors (Lipinski definition) is 0. The van der Waals surface area contributed by atoms with Crippen LogP contribution in [0.3, 0.4) is 0 Å². The van der Waals surface area contributed by atoms with E-state index in [2.05, 4.69) is 24.0 Å². The van der Waals surface area contributed by atoms with Gasteiger partial charge < -0.3 is 9.42 Å². The van der Waals surface area contributed by atoms with Crippen molar-refractivity contribution in [3.8, 4) is 0 Å². The molecule has 1 aromatic rings. The fraction of sp³-hybridized carbons (Fsp3) is 0.750. The van der Waals surface area contributed by atoms with Gasteiger partial charge >= 0.3 is 0 Å². The van der Waals surface area contributed by atoms with Crippen molar-refractivity contribution in [1.82, 2.24) is 10.1 Å². The maximum Gasteiger partial charge on any atom is 0.265 e. The van der Waals surface area contributed by atoms with Gasteiger partial charge in [0.05, 0.1) is 0 Å². The van der Waals surface area contributed by atoms with Crippen molar-refractivity contribution < 1.29 is 4.52 Å². The van der Waals surface area contributed by atoms with E-state index in [1.165, 1.54) is 0 Å². The Bertz CT molecular complexity index is 242. The SMILES string of the molecule is CC(C)Cc1nc(N(C)C)no1. The largest absolute Gasteiger partial charge is 0.344 e. The van der Waals surface area contributed by atoms with E-state index in [1.54, 1.807) is 0 Å². The van der Waals surface area contributed by atoms with E-state index in [4.69, 9.17) is 4.52 Å². The molecule has 0 spiro atoms. The zero-order valence-electron chi connectivity index (χ0n) is 8.03. The first-order valence-corrected chi connectivity index (χ1v) is 4.09. The molecule has 0 saturated heterocycles. The standard InChI is InChI=1S/C8H15N3O/c1-6(2)5-7-9-8(10-12-7)11(3)4/h6H,5H2,1-4H3. The van der Waals surface area contributed by atoms with Crippen molar-refractivity contribution in [1.29, 1.82) is 0 Å². The first-order valence-electron chi connectivity index (χ1n) is 4.09. The second-order valence-electron chi connectivity index (χ2n) is 3.48. The minimum atomic E-state index is 0.556. The second-order valence-corrected chi connectivity index (χ2v) is 3.48. The summed E-state index contributed by atoms with van der Waals surface area (Å²) in [5.41, 5.74) is 0. The molecule has 1 heterocycles. The summed E-state index contributed by atoms with van der Waals surface area (Å²) < 4.78 is 5.03. The average molecular weight is 169 g/mol. The van der Waals surface area contributed by atoms with E-state index in [1.807, 2.05) is 19.0 Å². The van der Waals surface area contributed by atoms with Gasteiger partial charge in [-0.2, -0.15) is 4.98 Å². The lowest BCUT2D eigenvalue weighted by Crippen LogP contribution is -2.10. The van der Waals surface area contributed by atoms with Crippen LogP contribution >= 0.6 is 0 Å². The van der Waals surface area contributed by atoms with Crippen LogP contribution in [0.1, 0.15) is 19.7 Å². The number of hydrogen-bond acceptors (Lipinski definition) is 4. The molecule has 12 heavy (non-hydrogen) atoms. The molecule has 68 valence electrons. The predicted octanol–water partition coefficient (Wildman–Crippen LogP) is 1.33. The molecule has 0 fully saturated rings. The molecule has 0 aliphatic rings. The minimum absolute atomic E-state index is 0.556. The van der Waals surface area contributed by atoms with Crippen LogP contribution in [0.25, 0.3) is 0 Å². The van der Waals surface area contributed by atoms with Crippen LogP contribution < -0.4 is 4.90 Å². The molecule has 0 aliphatic heterocycles. The highest BCUT2D eigenvalue weighted by molar-refractivity contribution is 5.23. The summed E-state index contributed by atoms with van der Waals surface area (Å²) in [7, 11) is 3.79. The van der Waals surface area contributed by atoms with Crippen molar-refractivity contribution in [3.63, 3.8) is 0 Å². The van der Waals surface area contributed by atoms with Crippen molar-refractivity contribution in [3.05, 3.63) is 5.89 Å². The molecule has 4 nitrogen and oxygen atoms in total.